The van der Waals surface area contributed by atoms with E-state index in [1.807, 2.05) is 35.0 Å². The van der Waals surface area contributed by atoms with Crippen molar-refractivity contribution < 1.29 is 9.53 Å². The van der Waals surface area contributed by atoms with Crippen LogP contribution in [0.25, 0.3) is 10.2 Å². The Balaban J connectivity index is 1.51. The van der Waals surface area contributed by atoms with Crippen molar-refractivity contribution in [2.45, 2.75) is 18.1 Å². The van der Waals surface area contributed by atoms with E-state index < -0.39 is 0 Å². The van der Waals surface area contributed by atoms with Crippen LogP contribution in [0, 0.1) is 0 Å². The van der Waals surface area contributed by atoms with Gasteiger partial charge in [0, 0.05) is 23.2 Å². The number of anilines is 1. The first kappa shape index (κ1) is 20.6. The molecule has 0 aliphatic rings. The van der Waals surface area contributed by atoms with Gasteiger partial charge >= 0.3 is 0 Å². The monoisotopic (exact) mass is 457 g/mol. The average molecular weight is 458 g/mol. The summed E-state index contributed by atoms with van der Waals surface area (Å²) in [6.45, 7) is 0.528. The van der Waals surface area contributed by atoms with E-state index in [1.165, 1.54) is 28.0 Å². The van der Waals surface area contributed by atoms with Crippen LogP contribution in [0.4, 0.5) is 5.69 Å². The fraction of sp³-hybridized carbons (Fsp3) is 0.190. The molecular weight excluding hydrogens is 438 g/mol. The van der Waals surface area contributed by atoms with Crippen molar-refractivity contribution in [3.05, 3.63) is 68.5 Å². The number of aryl methyl sites for hydroxylation is 1. The van der Waals surface area contributed by atoms with Crippen LogP contribution in [-0.2, 0) is 17.8 Å². The van der Waals surface area contributed by atoms with Crippen molar-refractivity contribution in [2.24, 2.45) is 0 Å². The molecule has 6 nitrogen and oxygen atoms in total. The molecule has 3 aromatic heterocycles. The van der Waals surface area contributed by atoms with E-state index >= 15 is 0 Å². The molecule has 9 heteroatoms. The van der Waals surface area contributed by atoms with E-state index in [0.29, 0.717) is 33.4 Å². The number of carbonyl (C=O) groups is 1. The van der Waals surface area contributed by atoms with Crippen LogP contribution in [0.5, 0.6) is 5.75 Å². The molecule has 0 fully saturated rings. The molecule has 30 heavy (non-hydrogen) atoms. The number of amides is 1. The summed E-state index contributed by atoms with van der Waals surface area (Å²) in [5, 5.41) is 7.31. The van der Waals surface area contributed by atoms with E-state index in [9.17, 15) is 9.59 Å². The van der Waals surface area contributed by atoms with E-state index in [-0.39, 0.29) is 17.2 Å². The molecule has 0 unspecified atom stereocenters. The van der Waals surface area contributed by atoms with Crippen LogP contribution < -0.4 is 15.6 Å². The first-order valence-electron chi connectivity index (χ1n) is 9.21. The Morgan fingerprint density at radius 3 is 2.90 bits per heavy atom. The molecule has 0 bridgehead atoms. The van der Waals surface area contributed by atoms with Gasteiger partial charge in [0.2, 0.25) is 5.91 Å². The topological polar surface area (TPSA) is 73.2 Å². The molecule has 0 saturated carbocycles. The van der Waals surface area contributed by atoms with Crippen molar-refractivity contribution in [2.75, 3.05) is 18.2 Å². The highest BCUT2D eigenvalue weighted by atomic mass is 32.2. The largest absolute Gasteiger partial charge is 0.497 e. The van der Waals surface area contributed by atoms with Gasteiger partial charge in [0.15, 0.2) is 5.16 Å². The van der Waals surface area contributed by atoms with Crippen LogP contribution in [0.1, 0.15) is 4.88 Å². The maximum Gasteiger partial charge on any atom is 0.272 e. The summed E-state index contributed by atoms with van der Waals surface area (Å²) in [4.78, 5) is 31.3. The predicted molar refractivity (Wildman–Crippen MR) is 124 cm³/mol. The summed E-state index contributed by atoms with van der Waals surface area (Å²) < 4.78 is 7.51. The Labute approximate surface area is 185 Å². The maximum atomic E-state index is 13.0. The Kier molecular flexibility index (Phi) is 6.51. The summed E-state index contributed by atoms with van der Waals surface area (Å²) in [6.07, 6.45) is 0.750. The quantitative estimate of drug-likeness (QED) is 0.311. The molecule has 1 N–H and O–H groups in total. The maximum absolute atomic E-state index is 13.0. The standard InChI is InChI=1S/C21H19N3O3S3/c1-27-15-5-2-4-14(12-15)22-18(25)13-30-21-23-17-8-11-29-19(17)20(26)24(21)9-7-16-6-3-10-28-16/h2-6,8,10-12H,7,9,13H2,1H3,(H,22,25). The minimum atomic E-state index is -0.169. The van der Waals surface area contributed by atoms with E-state index in [4.69, 9.17) is 4.74 Å². The summed E-state index contributed by atoms with van der Waals surface area (Å²) in [6, 6.07) is 13.1. The van der Waals surface area contributed by atoms with Crippen molar-refractivity contribution in [1.29, 1.82) is 0 Å². The van der Waals surface area contributed by atoms with Gasteiger partial charge in [-0.3, -0.25) is 14.2 Å². The van der Waals surface area contributed by atoms with Gasteiger partial charge in [-0.25, -0.2) is 4.98 Å². The number of nitrogens with zero attached hydrogens (tertiary/aromatic N) is 2. The van der Waals surface area contributed by atoms with Crippen LogP contribution in [-0.4, -0.2) is 28.3 Å². The average Bonchev–Trinajstić information content (AvgIpc) is 3.44. The number of hydrogen-bond donors (Lipinski definition) is 1. The van der Waals surface area contributed by atoms with E-state index in [2.05, 4.69) is 16.4 Å². The molecule has 0 aliphatic carbocycles. The number of carbonyl (C=O) groups excluding carboxylic acids is 1. The first-order chi connectivity index (χ1) is 14.6. The predicted octanol–water partition coefficient (Wildman–Crippen LogP) is 4.50. The highest BCUT2D eigenvalue weighted by molar-refractivity contribution is 7.99. The van der Waals surface area contributed by atoms with Crippen LogP contribution >= 0.6 is 34.4 Å². The van der Waals surface area contributed by atoms with Gasteiger partial charge in [-0.05, 0) is 41.4 Å². The highest BCUT2D eigenvalue weighted by Gasteiger charge is 2.15. The minimum Gasteiger partial charge on any atom is -0.497 e. The molecule has 4 aromatic rings. The molecule has 4 rings (SSSR count). The fourth-order valence-electron chi connectivity index (χ4n) is 2.94. The molecule has 0 saturated heterocycles. The lowest BCUT2D eigenvalue weighted by molar-refractivity contribution is -0.113. The SMILES string of the molecule is COc1cccc(NC(=O)CSc2nc3ccsc3c(=O)n2CCc2cccs2)c1. The van der Waals surface area contributed by atoms with Gasteiger partial charge in [-0.15, -0.1) is 22.7 Å². The lowest BCUT2D eigenvalue weighted by Gasteiger charge is -2.12. The van der Waals surface area contributed by atoms with Gasteiger partial charge in [-0.2, -0.15) is 0 Å². The van der Waals surface area contributed by atoms with E-state index in [0.717, 1.165) is 6.42 Å². The Morgan fingerprint density at radius 2 is 2.10 bits per heavy atom. The van der Waals surface area contributed by atoms with Crippen molar-refractivity contribution >= 4 is 56.2 Å². The molecule has 0 radical (unpaired) electrons. The summed E-state index contributed by atoms with van der Waals surface area (Å²) in [5.41, 5.74) is 1.28. The molecule has 1 amide bonds. The van der Waals surface area contributed by atoms with Gasteiger partial charge in [0.1, 0.15) is 10.4 Å². The normalized spacial score (nSPS) is 11.0. The third-order valence-corrected chi connectivity index (χ3v) is 7.18. The number of hydrogen-bond acceptors (Lipinski definition) is 7. The van der Waals surface area contributed by atoms with Crippen molar-refractivity contribution in [3.8, 4) is 5.75 Å². The second kappa shape index (κ2) is 9.46. The Bertz CT molecular complexity index is 1220. The molecule has 0 atom stereocenters. The van der Waals surface area contributed by atoms with Crippen LogP contribution in [0.15, 0.2) is 63.2 Å². The smallest absolute Gasteiger partial charge is 0.272 e. The lowest BCUT2D eigenvalue weighted by Crippen LogP contribution is -2.24. The zero-order valence-electron chi connectivity index (χ0n) is 16.2. The molecule has 154 valence electrons. The lowest BCUT2D eigenvalue weighted by atomic mass is 10.3. The summed E-state index contributed by atoms with van der Waals surface area (Å²) in [5.74, 6) is 0.656. The van der Waals surface area contributed by atoms with E-state index in [1.54, 1.807) is 35.1 Å². The zero-order valence-corrected chi connectivity index (χ0v) is 18.6. The summed E-state index contributed by atoms with van der Waals surface area (Å²) >= 11 is 4.33. The number of ether oxygens (including phenoxy) is 1. The number of thiophene rings is 2. The van der Waals surface area contributed by atoms with Gasteiger partial charge in [0.05, 0.1) is 18.4 Å². The Hall–Kier alpha value is -2.62. The number of rotatable bonds is 8. The van der Waals surface area contributed by atoms with Crippen LogP contribution in [0.2, 0.25) is 0 Å². The number of methoxy groups -OCH3 is 1. The highest BCUT2D eigenvalue weighted by Crippen LogP contribution is 2.23. The van der Waals surface area contributed by atoms with Gasteiger partial charge in [-0.1, -0.05) is 23.9 Å². The molecule has 1 aromatic carbocycles. The van der Waals surface area contributed by atoms with Crippen molar-refractivity contribution in [3.63, 3.8) is 0 Å². The summed E-state index contributed by atoms with van der Waals surface area (Å²) in [7, 11) is 1.58. The number of fused-ring (bicyclic) bond motifs is 1. The number of nitrogens with one attached hydrogen (secondary N) is 1. The molecular formula is C21H19N3O3S3. The third-order valence-electron chi connectivity index (χ3n) is 4.38. The third kappa shape index (κ3) is 4.75. The number of aromatic nitrogens is 2. The fourth-order valence-corrected chi connectivity index (χ4v) is 5.24. The first-order valence-corrected chi connectivity index (χ1v) is 12.0. The molecule has 3 heterocycles. The minimum absolute atomic E-state index is 0.0535. The van der Waals surface area contributed by atoms with Gasteiger partial charge in [0.25, 0.3) is 5.56 Å². The second-order valence-corrected chi connectivity index (χ2v) is 9.28. The van der Waals surface area contributed by atoms with Gasteiger partial charge < -0.3 is 10.1 Å². The Morgan fingerprint density at radius 1 is 1.20 bits per heavy atom. The zero-order chi connectivity index (χ0) is 20.9. The second-order valence-electron chi connectivity index (χ2n) is 6.38. The van der Waals surface area contributed by atoms with Crippen molar-refractivity contribution in [1.82, 2.24) is 9.55 Å². The molecule has 0 aliphatic heterocycles. The number of thioether (sulfide) groups is 1. The number of benzene rings is 1. The molecule has 0 spiro atoms. The van der Waals surface area contributed by atoms with Crippen LogP contribution in [0.3, 0.4) is 0 Å².